The molecule has 1 aliphatic rings. The van der Waals surface area contributed by atoms with Crippen LogP contribution in [0.2, 0.25) is 0 Å². The van der Waals surface area contributed by atoms with Gasteiger partial charge in [0.2, 0.25) is 0 Å². The predicted octanol–water partition coefficient (Wildman–Crippen LogP) is 2.11. The Morgan fingerprint density at radius 3 is 2.80 bits per heavy atom. The van der Waals surface area contributed by atoms with Gasteiger partial charge in [0, 0.05) is 24.5 Å². The van der Waals surface area contributed by atoms with Gasteiger partial charge in [-0.05, 0) is 43.0 Å². The van der Waals surface area contributed by atoms with Gasteiger partial charge in [-0.3, -0.25) is 0 Å². The molecule has 1 aromatic rings. The van der Waals surface area contributed by atoms with E-state index in [1.54, 1.807) is 0 Å². The SMILES string of the molecule is Nc1ccc(NCC2CCCOC2)cc1. The van der Waals surface area contributed by atoms with Crippen LogP contribution in [0.5, 0.6) is 0 Å². The maximum Gasteiger partial charge on any atom is 0.0511 e. The van der Waals surface area contributed by atoms with Crippen LogP contribution in [0, 0.1) is 5.92 Å². The Morgan fingerprint density at radius 1 is 1.33 bits per heavy atom. The molecule has 3 nitrogen and oxygen atoms in total. The second-order valence-corrected chi connectivity index (χ2v) is 4.09. The van der Waals surface area contributed by atoms with Crippen LogP contribution in [0.3, 0.4) is 0 Å². The minimum absolute atomic E-state index is 0.649. The number of nitrogens with two attached hydrogens (primary N) is 1. The van der Waals surface area contributed by atoms with E-state index in [1.165, 1.54) is 12.8 Å². The van der Waals surface area contributed by atoms with Gasteiger partial charge in [0.1, 0.15) is 0 Å². The molecule has 82 valence electrons. The van der Waals surface area contributed by atoms with Crippen LogP contribution in [-0.4, -0.2) is 19.8 Å². The Hall–Kier alpha value is -1.22. The van der Waals surface area contributed by atoms with Gasteiger partial charge >= 0.3 is 0 Å². The molecule has 3 N–H and O–H groups in total. The summed E-state index contributed by atoms with van der Waals surface area (Å²) in [6, 6.07) is 7.86. The zero-order valence-electron chi connectivity index (χ0n) is 8.91. The van der Waals surface area contributed by atoms with Gasteiger partial charge in [-0.25, -0.2) is 0 Å². The normalized spacial score (nSPS) is 21.2. The molecule has 1 saturated heterocycles. The van der Waals surface area contributed by atoms with Gasteiger partial charge in [0.25, 0.3) is 0 Å². The topological polar surface area (TPSA) is 47.3 Å². The summed E-state index contributed by atoms with van der Waals surface area (Å²) in [4.78, 5) is 0. The van der Waals surface area contributed by atoms with E-state index < -0.39 is 0 Å². The minimum atomic E-state index is 0.649. The van der Waals surface area contributed by atoms with E-state index in [9.17, 15) is 0 Å². The van der Waals surface area contributed by atoms with Crippen molar-refractivity contribution >= 4 is 11.4 Å². The molecule has 1 atom stereocenters. The Labute approximate surface area is 90.6 Å². The fraction of sp³-hybridized carbons (Fsp3) is 0.500. The molecule has 1 aliphatic heterocycles. The maximum absolute atomic E-state index is 5.62. The molecule has 3 heteroatoms. The van der Waals surface area contributed by atoms with E-state index in [4.69, 9.17) is 10.5 Å². The van der Waals surface area contributed by atoms with Crippen LogP contribution in [0.4, 0.5) is 11.4 Å². The fourth-order valence-electron chi connectivity index (χ4n) is 1.83. The molecule has 0 aromatic heterocycles. The predicted molar refractivity (Wildman–Crippen MR) is 62.9 cm³/mol. The highest BCUT2D eigenvalue weighted by Crippen LogP contribution is 2.16. The minimum Gasteiger partial charge on any atom is -0.399 e. The number of rotatable bonds is 3. The van der Waals surface area contributed by atoms with Crippen molar-refractivity contribution in [3.05, 3.63) is 24.3 Å². The Bertz CT molecular complexity index is 291. The summed E-state index contributed by atoms with van der Waals surface area (Å²) in [5, 5.41) is 3.41. The lowest BCUT2D eigenvalue weighted by Crippen LogP contribution is -2.24. The zero-order chi connectivity index (χ0) is 10.5. The molecule has 0 amide bonds. The first-order valence-corrected chi connectivity index (χ1v) is 5.52. The second-order valence-electron chi connectivity index (χ2n) is 4.09. The Balaban J connectivity index is 1.79. The van der Waals surface area contributed by atoms with E-state index in [-0.39, 0.29) is 0 Å². The van der Waals surface area contributed by atoms with E-state index in [2.05, 4.69) is 5.32 Å². The summed E-state index contributed by atoms with van der Waals surface area (Å²) >= 11 is 0. The number of benzene rings is 1. The van der Waals surface area contributed by atoms with E-state index >= 15 is 0 Å². The summed E-state index contributed by atoms with van der Waals surface area (Å²) in [6.07, 6.45) is 2.45. The number of nitrogens with one attached hydrogen (secondary N) is 1. The van der Waals surface area contributed by atoms with Gasteiger partial charge in [-0.1, -0.05) is 0 Å². The molecule has 0 spiro atoms. The number of hydrogen-bond donors (Lipinski definition) is 2. The Morgan fingerprint density at radius 2 is 2.13 bits per heavy atom. The van der Waals surface area contributed by atoms with Crippen molar-refractivity contribution in [2.75, 3.05) is 30.8 Å². The lowest BCUT2D eigenvalue weighted by molar-refractivity contribution is 0.0595. The summed E-state index contributed by atoms with van der Waals surface area (Å²) in [5.74, 6) is 0.649. The van der Waals surface area contributed by atoms with E-state index in [1.807, 2.05) is 24.3 Å². The average Bonchev–Trinajstić information content (AvgIpc) is 2.30. The second kappa shape index (κ2) is 5.03. The third-order valence-corrected chi connectivity index (χ3v) is 2.76. The molecule has 2 rings (SSSR count). The largest absolute Gasteiger partial charge is 0.399 e. The molecule has 0 saturated carbocycles. The van der Waals surface area contributed by atoms with Gasteiger partial charge in [0.15, 0.2) is 0 Å². The van der Waals surface area contributed by atoms with Crippen molar-refractivity contribution in [3.8, 4) is 0 Å². The van der Waals surface area contributed by atoms with E-state index in [0.717, 1.165) is 31.1 Å². The summed E-state index contributed by atoms with van der Waals surface area (Å²) in [7, 11) is 0. The summed E-state index contributed by atoms with van der Waals surface area (Å²) in [5.41, 5.74) is 7.56. The van der Waals surface area contributed by atoms with E-state index in [0.29, 0.717) is 5.92 Å². The standard InChI is InChI=1S/C12H18N2O/c13-11-3-5-12(6-4-11)14-8-10-2-1-7-15-9-10/h3-6,10,14H,1-2,7-9,13H2. The molecule has 0 bridgehead atoms. The molecule has 0 aliphatic carbocycles. The summed E-state index contributed by atoms with van der Waals surface area (Å²) in [6.45, 7) is 2.81. The van der Waals surface area contributed by atoms with Gasteiger partial charge in [-0.15, -0.1) is 0 Å². The molecule has 0 radical (unpaired) electrons. The van der Waals surface area contributed by atoms with Crippen molar-refractivity contribution in [2.45, 2.75) is 12.8 Å². The fourth-order valence-corrected chi connectivity index (χ4v) is 1.83. The number of ether oxygens (including phenoxy) is 1. The van der Waals surface area contributed by atoms with Crippen LogP contribution < -0.4 is 11.1 Å². The van der Waals surface area contributed by atoms with Crippen LogP contribution >= 0.6 is 0 Å². The molecule has 1 unspecified atom stereocenters. The van der Waals surface area contributed by atoms with Crippen molar-refractivity contribution in [3.63, 3.8) is 0 Å². The van der Waals surface area contributed by atoms with Gasteiger partial charge in [0.05, 0.1) is 6.61 Å². The number of anilines is 2. The highest BCUT2D eigenvalue weighted by molar-refractivity contribution is 5.51. The molecular weight excluding hydrogens is 188 g/mol. The molecule has 1 aromatic carbocycles. The van der Waals surface area contributed by atoms with Crippen LogP contribution in [0.1, 0.15) is 12.8 Å². The average molecular weight is 206 g/mol. The van der Waals surface area contributed by atoms with Crippen molar-refractivity contribution in [1.29, 1.82) is 0 Å². The third kappa shape index (κ3) is 3.13. The molecule has 1 heterocycles. The molecule has 1 fully saturated rings. The maximum atomic E-state index is 5.62. The lowest BCUT2D eigenvalue weighted by atomic mass is 10.0. The van der Waals surface area contributed by atoms with Gasteiger partial charge in [-0.2, -0.15) is 0 Å². The van der Waals surface area contributed by atoms with Gasteiger partial charge < -0.3 is 15.8 Å². The van der Waals surface area contributed by atoms with Crippen molar-refractivity contribution in [1.82, 2.24) is 0 Å². The molecule has 15 heavy (non-hydrogen) atoms. The van der Waals surface area contributed by atoms with Crippen LogP contribution in [-0.2, 0) is 4.74 Å². The first-order valence-electron chi connectivity index (χ1n) is 5.52. The first kappa shape index (κ1) is 10.3. The summed E-state index contributed by atoms with van der Waals surface area (Å²) < 4.78 is 5.43. The smallest absolute Gasteiger partial charge is 0.0511 e. The lowest BCUT2D eigenvalue weighted by Gasteiger charge is -2.22. The highest BCUT2D eigenvalue weighted by Gasteiger charge is 2.12. The van der Waals surface area contributed by atoms with Crippen LogP contribution in [0.25, 0.3) is 0 Å². The quantitative estimate of drug-likeness (QED) is 0.745. The highest BCUT2D eigenvalue weighted by atomic mass is 16.5. The zero-order valence-corrected chi connectivity index (χ0v) is 8.91. The monoisotopic (exact) mass is 206 g/mol. The third-order valence-electron chi connectivity index (χ3n) is 2.76. The van der Waals surface area contributed by atoms with Crippen LogP contribution in [0.15, 0.2) is 24.3 Å². The first-order chi connectivity index (χ1) is 7.34. The van der Waals surface area contributed by atoms with Crippen molar-refractivity contribution < 1.29 is 4.74 Å². The van der Waals surface area contributed by atoms with Crippen molar-refractivity contribution in [2.24, 2.45) is 5.92 Å². The molecular formula is C12H18N2O. The number of hydrogen-bond acceptors (Lipinski definition) is 3. The number of nitrogen functional groups attached to an aromatic ring is 1. The Kier molecular flexibility index (Phi) is 3.45.